The molecule has 0 spiro atoms. The number of aromatic nitrogens is 3. The summed E-state index contributed by atoms with van der Waals surface area (Å²) in [7, 11) is 1.55. The zero-order chi connectivity index (χ0) is 19.2. The van der Waals surface area contributed by atoms with Crippen LogP contribution in [0.1, 0.15) is 5.56 Å². The number of methoxy groups -OCH3 is 1. The molecule has 0 amide bonds. The largest absolute Gasteiger partial charge is 2.00 e. The van der Waals surface area contributed by atoms with Crippen LogP contribution in [0, 0.1) is 4.77 Å². The zero-order valence-corrected chi connectivity index (χ0v) is 16.9. The second kappa shape index (κ2) is 9.85. The van der Waals surface area contributed by atoms with E-state index >= 15 is 0 Å². The predicted molar refractivity (Wildman–Crippen MR) is 107 cm³/mol. The van der Waals surface area contributed by atoms with Gasteiger partial charge in [-0.2, -0.15) is 23.3 Å². The average molecular weight is 434 g/mol. The first kappa shape index (κ1) is 21.4. The average Bonchev–Trinajstić information content (AvgIpc) is 3.47. The number of nitrogens with zero attached hydrogens (tertiary/aromatic N) is 2. The SMILES string of the molecule is COc1ccc(-c2n[nH]c(=S)n2N)c(C([O-])=C2C=CC=C2)c1.[Fe+2].c1cc[cH-]c1. The number of ether oxygens (including phenoxy) is 1. The summed E-state index contributed by atoms with van der Waals surface area (Å²) in [6.45, 7) is 0. The van der Waals surface area contributed by atoms with Gasteiger partial charge in [0.15, 0.2) is 5.82 Å². The molecule has 8 heteroatoms. The summed E-state index contributed by atoms with van der Waals surface area (Å²) in [6.07, 6.45) is 7.13. The van der Waals surface area contributed by atoms with Crippen molar-refractivity contribution in [2.45, 2.75) is 0 Å². The Bertz CT molecular complexity index is 1030. The molecule has 0 fully saturated rings. The van der Waals surface area contributed by atoms with Crippen molar-refractivity contribution < 1.29 is 26.9 Å². The first-order chi connectivity index (χ1) is 13.1. The summed E-state index contributed by atoms with van der Waals surface area (Å²) in [5.41, 5.74) is 1.63. The van der Waals surface area contributed by atoms with Gasteiger partial charge >= 0.3 is 17.1 Å². The second-order valence-electron chi connectivity index (χ2n) is 5.60. The molecule has 3 aromatic rings. The van der Waals surface area contributed by atoms with E-state index in [4.69, 9.17) is 22.8 Å². The van der Waals surface area contributed by atoms with Crippen molar-refractivity contribution >= 4 is 18.0 Å². The molecule has 0 saturated carbocycles. The summed E-state index contributed by atoms with van der Waals surface area (Å²) in [5, 5.41) is 19.4. The molecule has 0 aliphatic heterocycles. The van der Waals surface area contributed by atoms with Crippen LogP contribution in [0.4, 0.5) is 0 Å². The number of H-pyrrole nitrogens is 1. The summed E-state index contributed by atoms with van der Waals surface area (Å²) < 4.78 is 6.72. The van der Waals surface area contributed by atoms with Gasteiger partial charge in [0, 0.05) is 5.56 Å². The Morgan fingerprint density at radius 2 is 1.93 bits per heavy atom. The van der Waals surface area contributed by atoms with Gasteiger partial charge in [0.05, 0.1) is 7.11 Å². The number of aromatic amines is 1. The zero-order valence-electron chi connectivity index (χ0n) is 15.0. The van der Waals surface area contributed by atoms with E-state index in [1.54, 1.807) is 37.5 Å². The first-order valence-electron chi connectivity index (χ1n) is 8.16. The van der Waals surface area contributed by atoms with Crippen molar-refractivity contribution in [3.05, 3.63) is 88.7 Å². The van der Waals surface area contributed by atoms with Crippen LogP contribution in [0.2, 0.25) is 0 Å². The normalized spacial score (nSPS) is 11.5. The molecule has 6 nitrogen and oxygen atoms in total. The molecule has 0 radical (unpaired) electrons. The maximum atomic E-state index is 12.7. The molecule has 0 atom stereocenters. The second-order valence-corrected chi connectivity index (χ2v) is 5.99. The van der Waals surface area contributed by atoms with Crippen LogP contribution < -0.4 is 15.7 Å². The third kappa shape index (κ3) is 4.67. The number of rotatable bonds is 3. The van der Waals surface area contributed by atoms with Crippen molar-refractivity contribution in [1.29, 1.82) is 0 Å². The Labute approximate surface area is 178 Å². The molecule has 144 valence electrons. The fourth-order valence-corrected chi connectivity index (χ4v) is 2.66. The molecular formula is C20H18FeN4O2S. The van der Waals surface area contributed by atoms with Gasteiger partial charge in [-0.25, -0.2) is 21.9 Å². The van der Waals surface area contributed by atoms with Gasteiger partial charge in [-0.15, -0.1) is 0 Å². The van der Waals surface area contributed by atoms with E-state index in [0.717, 1.165) is 0 Å². The van der Waals surface area contributed by atoms with Crippen LogP contribution in [-0.2, 0) is 17.1 Å². The van der Waals surface area contributed by atoms with Crippen molar-refractivity contribution in [2.75, 3.05) is 13.0 Å². The number of nitrogens with two attached hydrogens (primary N) is 1. The number of nitrogens with one attached hydrogen (secondary N) is 1. The van der Waals surface area contributed by atoms with E-state index in [1.807, 2.05) is 42.5 Å². The Hall–Kier alpha value is -2.93. The molecular weight excluding hydrogens is 416 g/mol. The number of allylic oxidation sites excluding steroid dienone is 5. The van der Waals surface area contributed by atoms with Gasteiger partial charge in [-0.05, 0) is 41.6 Å². The molecule has 3 N–H and O–H groups in total. The number of hydrogen-bond donors (Lipinski definition) is 2. The van der Waals surface area contributed by atoms with E-state index in [9.17, 15) is 5.11 Å². The topological polar surface area (TPSA) is 91.9 Å². The molecule has 1 aliphatic carbocycles. The number of hydrogen-bond acceptors (Lipinski definition) is 5. The maximum absolute atomic E-state index is 12.7. The third-order valence-electron chi connectivity index (χ3n) is 3.90. The van der Waals surface area contributed by atoms with Crippen molar-refractivity contribution in [3.63, 3.8) is 0 Å². The maximum Gasteiger partial charge on any atom is 2.00 e. The fraction of sp³-hybridized carbons (Fsp3) is 0.0500. The number of nitrogen functional groups attached to an aromatic ring is 1. The van der Waals surface area contributed by atoms with Gasteiger partial charge in [-0.1, -0.05) is 30.1 Å². The monoisotopic (exact) mass is 434 g/mol. The third-order valence-corrected chi connectivity index (χ3v) is 4.19. The van der Waals surface area contributed by atoms with Gasteiger partial charge in [0.25, 0.3) is 0 Å². The number of benzene rings is 1. The van der Waals surface area contributed by atoms with Crippen LogP contribution in [0.15, 0.2) is 78.4 Å². The Balaban J connectivity index is 0.000000408. The fourth-order valence-electron chi connectivity index (χ4n) is 2.53. The molecule has 28 heavy (non-hydrogen) atoms. The van der Waals surface area contributed by atoms with Gasteiger partial charge in [0.2, 0.25) is 4.77 Å². The molecule has 1 aliphatic rings. The van der Waals surface area contributed by atoms with Crippen LogP contribution in [0.25, 0.3) is 17.1 Å². The van der Waals surface area contributed by atoms with E-state index in [1.165, 1.54) is 4.68 Å². The van der Waals surface area contributed by atoms with Gasteiger partial charge in [0.1, 0.15) is 5.75 Å². The Kier molecular flexibility index (Phi) is 7.51. The molecule has 0 bridgehead atoms. The van der Waals surface area contributed by atoms with E-state index in [0.29, 0.717) is 28.3 Å². The molecule has 0 saturated heterocycles. The summed E-state index contributed by atoms with van der Waals surface area (Å²) >= 11 is 5.02. The Morgan fingerprint density at radius 1 is 1.25 bits per heavy atom. The van der Waals surface area contributed by atoms with Crippen LogP contribution in [0.5, 0.6) is 5.75 Å². The molecule has 4 rings (SSSR count). The molecule has 1 heterocycles. The Morgan fingerprint density at radius 3 is 2.43 bits per heavy atom. The van der Waals surface area contributed by atoms with E-state index < -0.39 is 0 Å². The van der Waals surface area contributed by atoms with Crippen molar-refractivity contribution in [3.8, 4) is 17.1 Å². The molecule has 1 aromatic heterocycles. The van der Waals surface area contributed by atoms with Crippen LogP contribution in [-0.4, -0.2) is 22.0 Å². The quantitative estimate of drug-likeness (QED) is 0.218. The summed E-state index contributed by atoms with van der Waals surface area (Å²) in [6, 6.07) is 15.2. The summed E-state index contributed by atoms with van der Waals surface area (Å²) in [4.78, 5) is 0. The first-order valence-corrected chi connectivity index (χ1v) is 8.56. The standard InChI is InChI=1S/C15H14N4O2S.C5H5.Fe/c1-21-10-6-7-11(14-17-18-15(22)19(14)16)12(8-10)13(20)9-4-2-3-5-9;1-2-4-5-3-1;/h2-8,20H,16H2,1H3,(H,18,22);1-5H;/q;-1;+2/p-1. The van der Waals surface area contributed by atoms with Crippen molar-refractivity contribution in [1.82, 2.24) is 14.9 Å². The van der Waals surface area contributed by atoms with Gasteiger partial charge < -0.3 is 15.7 Å². The predicted octanol–water partition coefficient (Wildman–Crippen LogP) is 2.93. The van der Waals surface area contributed by atoms with Crippen molar-refractivity contribution in [2.24, 2.45) is 0 Å². The van der Waals surface area contributed by atoms with Crippen LogP contribution in [0.3, 0.4) is 0 Å². The van der Waals surface area contributed by atoms with Crippen LogP contribution >= 0.6 is 12.2 Å². The smallest absolute Gasteiger partial charge is 0.872 e. The van der Waals surface area contributed by atoms with E-state index in [2.05, 4.69) is 10.2 Å². The minimum Gasteiger partial charge on any atom is -0.872 e. The molecule has 2 aromatic carbocycles. The molecule has 0 unspecified atom stereocenters. The summed E-state index contributed by atoms with van der Waals surface area (Å²) in [5.74, 6) is 6.71. The van der Waals surface area contributed by atoms with Gasteiger partial charge in [-0.3, -0.25) is 0 Å². The minimum absolute atomic E-state index is 0. The van der Waals surface area contributed by atoms with E-state index in [-0.39, 0.29) is 27.6 Å². The minimum atomic E-state index is -0.132.